The molecule has 0 unspecified atom stereocenters. The van der Waals surface area contributed by atoms with Crippen LogP contribution >= 0.6 is 11.8 Å². The molecule has 0 aliphatic carbocycles. The van der Waals surface area contributed by atoms with Crippen molar-refractivity contribution in [3.8, 4) is 0 Å². The van der Waals surface area contributed by atoms with Gasteiger partial charge in [-0.2, -0.15) is 0 Å². The molecule has 0 aliphatic heterocycles. The highest BCUT2D eigenvalue weighted by atomic mass is 32.2. The molecule has 1 amide bonds. The first kappa shape index (κ1) is 20.4. The molecule has 0 aliphatic rings. The predicted molar refractivity (Wildman–Crippen MR) is 100.0 cm³/mol. The second kappa shape index (κ2) is 9.13. The van der Waals surface area contributed by atoms with Gasteiger partial charge in [-0.05, 0) is 38.1 Å². The number of anilines is 1. The standard InChI is InChI=1S/C18H19N3O5S/c1-10-7-11(2)20-18(19-10)27-9-15(22)21-14-8-12(16(23)25-3)5-6-13(14)17(24)26-4/h5-8H,9H2,1-4H3,(H,21,22). The molecule has 0 radical (unpaired) electrons. The number of ether oxygens (including phenoxy) is 2. The summed E-state index contributed by atoms with van der Waals surface area (Å²) >= 11 is 1.17. The van der Waals surface area contributed by atoms with Gasteiger partial charge in [0, 0.05) is 11.4 Å². The molecule has 0 saturated heterocycles. The average Bonchev–Trinajstić information content (AvgIpc) is 2.64. The van der Waals surface area contributed by atoms with Crippen molar-refractivity contribution in [1.82, 2.24) is 9.97 Å². The number of nitrogens with one attached hydrogen (secondary N) is 1. The van der Waals surface area contributed by atoms with Crippen LogP contribution in [0.25, 0.3) is 0 Å². The zero-order chi connectivity index (χ0) is 20.0. The third-order valence-corrected chi connectivity index (χ3v) is 4.26. The lowest BCUT2D eigenvalue weighted by atomic mass is 10.1. The number of methoxy groups -OCH3 is 2. The predicted octanol–water partition coefficient (Wildman–Crippen LogP) is 2.40. The van der Waals surface area contributed by atoms with Crippen LogP contribution in [0, 0.1) is 13.8 Å². The van der Waals surface area contributed by atoms with Crippen LogP contribution in [0.1, 0.15) is 32.1 Å². The van der Waals surface area contributed by atoms with Gasteiger partial charge in [-0.1, -0.05) is 11.8 Å². The Hall–Kier alpha value is -2.94. The quantitative estimate of drug-likeness (QED) is 0.456. The van der Waals surface area contributed by atoms with Crippen LogP contribution in [0.3, 0.4) is 0 Å². The topological polar surface area (TPSA) is 107 Å². The molecule has 8 nitrogen and oxygen atoms in total. The lowest BCUT2D eigenvalue weighted by molar-refractivity contribution is -0.113. The Morgan fingerprint density at radius 1 is 1.00 bits per heavy atom. The highest BCUT2D eigenvalue weighted by Crippen LogP contribution is 2.21. The molecule has 2 aromatic rings. The van der Waals surface area contributed by atoms with Gasteiger partial charge in [0.1, 0.15) is 0 Å². The molecule has 1 heterocycles. The molecule has 142 valence electrons. The van der Waals surface area contributed by atoms with Crippen LogP contribution in [0.2, 0.25) is 0 Å². The first-order valence-electron chi connectivity index (χ1n) is 7.89. The minimum Gasteiger partial charge on any atom is -0.465 e. The number of thioether (sulfide) groups is 1. The number of aryl methyl sites for hydroxylation is 2. The molecule has 0 atom stereocenters. The Kier molecular flexibility index (Phi) is 6.89. The van der Waals surface area contributed by atoms with E-state index in [0.29, 0.717) is 5.16 Å². The smallest absolute Gasteiger partial charge is 0.339 e. The van der Waals surface area contributed by atoms with Gasteiger partial charge in [-0.3, -0.25) is 4.79 Å². The van der Waals surface area contributed by atoms with Crippen molar-refractivity contribution in [3.05, 3.63) is 46.8 Å². The Labute approximate surface area is 160 Å². The van der Waals surface area contributed by atoms with Crippen molar-refractivity contribution >= 4 is 35.3 Å². The maximum absolute atomic E-state index is 12.3. The number of carbonyl (C=O) groups excluding carboxylic acids is 3. The maximum atomic E-state index is 12.3. The number of benzene rings is 1. The van der Waals surface area contributed by atoms with E-state index >= 15 is 0 Å². The van der Waals surface area contributed by atoms with Crippen molar-refractivity contribution in [2.24, 2.45) is 0 Å². The van der Waals surface area contributed by atoms with E-state index in [1.165, 1.54) is 44.2 Å². The van der Waals surface area contributed by atoms with E-state index in [1.807, 2.05) is 19.9 Å². The largest absolute Gasteiger partial charge is 0.465 e. The molecule has 9 heteroatoms. The van der Waals surface area contributed by atoms with E-state index in [-0.39, 0.29) is 28.5 Å². The molecule has 1 aromatic heterocycles. The molecular weight excluding hydrogens is 370 g/mol. The van der Waals surface area contributed by atoms with Crippen LogP contribution < -0.4 is 5.32 Å². The van der Waals surface area contributed by atoms with Crippen LogP contribution in [0.5, 0.6) is 0 Å². The van der Waals surface area contributed by atoms with Gasteiger partial charge >= 0.3 is 11.9 Å². The Balaban J connectivity index is 2.16. The molecule has 0 fully saturated rings. The van der Waals surface area contributed by atoms with Crippen molar-refractivity contribution in [1.29, 1.82) is 0 Å². The minimum atomic E-state index is -0.632. The van der Waals surface area contributed by atoms with Crippen molar-refractivity contribution in [3.63, 3.8) is 0 Å². The van der Waals surface area contributed by atoms with Crippen LogP contribution in [-0.4, -0.2) is 47.8 Å². The Morgan fingerprint density at radius 3 is 2.22 bits per heavy atom. The van der Waals surface area contributed by atoms with E-state index in [9.17, 15) is 14.4 Å². The number of hydrogen-bond donors (Lipinski definition) is 1. The molecule has 1 aromatic carbocycles. The zero-order valence-electron chi connectivity index (χ0n) is 15.4. The maximum Gasteiger partial charge on any atom is 0.339 e. The number of nitrogens with zero attached hydrogens (tertiary/aromatic N) is 2. The summed E-state index contributed by atoms with van der Waals surface area (Å²) in [6.45, 7) is 3.69. The first-order valence-corrected chi connectivity index (χ1v) is 8.88. The number of amides is 1. The zero-order valence-corrected chi connectivity index (χ0v) is 16.2. The summed E-state index contributed by atoms with van der Waals surface area (Å²) in [5, 5.41) is 3.11. The van der Waals surface area contributed by atoms with Gasteiger partial charge in [0.15, 0.2) is 5.16 Å². The van der Waals surface area contributed by atoms with E-state index in [4.69, 9.17) is 4.74 Å². The molecule has 0 bridgehead atoms. The third-order valence-electron chi connectivity index (χ3n) is 3.41. The summed E-state index contributed by atoms with van der Waals surface area (Å²) in [6, 6.07) is 6.03. The fourth-order valence-electron chi connectivity index (χ4n) is 2.25. The van der Waals surface area contributed by atoms with Crippen molar-refractivity contribution < 1.29 is 23.9 Å². The van der Waals surface area contributed by atoms with E-state index in [1.54, 1.807) is 0 Å². The fraction of sp³-hybridized carbons (Fsp3) is 0.278. The lowest BCUT2D eigenvalue weighted by Gasteiger charge is -2.11. The number of esters is 2. The first-order chi connectivity index (χ1) is 12.8. The summed E-state index contributed by atoms with van der Waals surface area (Å²) in [4.78, 5) is 44.4. The van der Waals surface area contributed by atoms with Crippen molar-refractivity contribution in [2.45, 2.75) is 19.0 Å². The van der Waals surface area contributed by atoms with Gasteiger partial charge in [-0.25, -0.2) is 19.6 Å². The molecule has 0 saturated carbocycles. The number of rotatable bonds is 6. The molecule has 27 heavy (non-hydrogen) atoms. The van der Waals surface area contributed by atoms with E-state index < -0.39 is 11.9 Å². The van der Waals surface area contributed by atoms with Gasteiger partial charge in [0.05, 0.1) is 36.8 Å². The number of carbonyl (C=O) groups is 3. The number of aromatic nitrogens is 2. The fourth-order valence-corrected chi connectivity index (χ4v) is 3.00. The van der Waals surface area contributed by atoms with Crippen LogP contribution in [0.15, 0.2) is 29.4 Å². The van der Waals surface area contributed by atoms with Gasteiger partial charge in [-0.15, -0.1) is 0 Å². The highest BCUT2D eigenvalue weighted by Gasteiger charge is 2.17. The minimum absolute atomic E-state index is 0.0337. The van der Waals surface area contributed by atoms with Crippen LogP contribution in [-0.2, 0) is 14.3 Å². The molecule has 2 rings (SSSR count). The SMILES string of the molecule is COC(=O)c1ccc(C(=O)OC)c(NC(=O)CSc2nc(C)cc(C)n2)c1. The Bertz CT molecular complexity index is 865. The highest BCUT2D eigenvalue weighted by molar-refractivity contribution is 7.99. The average molecular weight is 389 g/mol. The lowest BCUT2D eigenvalue weighted by Crippen LogP contribution is -2.18. The second-order valence-corrected chi connectivity index (χ2v) is 6.46. The summed E-state index contributed by atoms with van der Waals surface area (Å²) < 4.78 is 9.37. The number of hydrogen-bond acceptors (Lipinski definition) is 8. The molecule has 0 spiro atoms. The second-order valence-electron chi connectivity index (χ2n) is 5.51. The summed E-state index contributed by atoms with van der Waals surface area (Å²) in [5.41, 5.74) is 2.11. The molecule has 1 N–H and O–H groups in total. The monoisotopic (exact) mass is 389 g/mol. The third kappa shape index (κ3) is 5.52. The Morgan fingerprint density at radius 2 is 1.63 bits per heavy atom. The van der Waals surface area contributed by atoms with E-state index in [0.717, 1.165) is 11.4 Å². The van der Waals surface area contributed by atoms with E-state index in [2.05, 4.69) is 20.0 Å². The summed E-state index contributed by atoms with van der Waals surface area (Å²) in [5.74, 6) is -1.56. The summed E-state index contributed by atoms with van der Waals surface area (Å²) in [6.07, 6.45) is 0. The van der Waals surface area contributed by atoms with Gasteiger partial charge in [0.25, 0.3) is 0 Å². The summed E-state index contributed by atoms with van der Waals surface area (Å²) in [7, 11) is 2.48. The normalized spacial score (nSPS) is 10.2. The van der Waals surface area contributed by atoms with Crippen LogP contribution in [0.4, 0.5) is 5.69 Å². The van der Waals surface area contributed by atoms with Crippen molar-refractivity contribution in [2.75, 3.05) is 25.3 Å². The van der Waals surface area contributed by atoms with Gasteiger partial charge in [0.2, 0.25) is 5.91 Å². The molecular formula is C18H19N3O5S. The van der Waals surface area contributed by atoms with Gasteiger partial charge < -0.3 is 14.8 Å².